The van der Waals surface area contributed by atoms with E-state index in [9.17, 15) is 30.6 Å². The monoisotopic (exact) mass is 651 g/mol. The van der Waals surface area contributed by atoms with Gasteiger partial charge in [-0.1, -0.05) is 66.8 Å². The molecule has 0 amide bonds. The summed E-state index contributed by atoms with van der Waals surface area (Å²) in [5, 5.41) is 63.4. The molecule has 6 N–H and O–H groups in total. The summed E-state index contributed by atoms with van der Waals surface area (Å²) in [6, 6.07) is 16.3. The van der Waals surface area contributed by atoms with Gasteiger partial charge in [0.15, 0.2) is 51.6 Å². The number of rotatable bonds is 4. The third-order valence-electron chi connectivity index (χ3n) is 7.48. The molecule has 0 aliphatic heterocycles. The summed E-state index contributed by atoms with van der Waals surface area (Å²) in [5.74, 6) is -3.33. The Kier molecular flexibility index (Phi) is 6.40. The van der Waals surface area contributed by atoms with E-state index in [1.165, 1.54) is 0 Å². The Balaban J connectivity index is 1.47. The Labute approximate surface area is 257 Å². The molecule has 0 fully saturated rings. The van der Waals surface area contributed by atoms with Gasteiger partial charge in [0.25, 0.3) is 0 Å². The molecule has 2 heterocycles. The maximum Gasteiger partial charge on any atom is 0.202 e. The number of phenolic OH excluding ortho intramolecular Hbond substituents is 6. The van der Waals surface area contributed by atoms with Crippen molar-refractivity contribution in [2.24, 2.45) is 0 Å². The first-order valence-electron chi connectivity index (χ1n) is 13.5. The van der Waals surface area contributed by atoms with Crippen LogP contribution in [0.1, 0.15) is 18.7 Å². The zero-order valence-corrected chi connectivity index (χ0v) is 24.2. The van der Waals surface area contributed by atoms with Crippen LogP contribution in [0.15, 0.2) is 81.7 Å². The third-order valence-corrected chi connectivity index (χ3v) is 8.22. The minimum Gasteiger partial charge on any atom is -0.504 e. The van der Waals surface area contributed by atoms with Crippen LogP contribution in [-0.2, 0) is 0 Å². The van der Waals surface area contributed by atoms with Crippen LogP contribution < -0.4 is 0 Å². The molecule has 218 valence electrons. The van der Waals surface area contributed by atoms with Crippen molar-refractivity contribution in [1.82, 2.24) is 15.0 Å². The lowest BCUT2D eigenvalue weighted by molar-refractivity contribution is 0.369. The average Bonchev–Trinajstić information content (AvgIpc) is 3.47. The Hall–Kier alpha value is -5.55. The molecule has 1 aliphatic carbocycles. The summed E-state index contributed by atoms with van der Waals surface area (Å²) in [4.78, 5) is 14.3. The summed E-state index contributed by atoms with van der Waals surface area (Å²) in [5.41, 5.74) is 2.31. The van der Waals surface area contributed by atoms with E-state index >= 15 is 0 Å². The first-order chi connectivity index (χ1) is 21.2. The molecule has 0 saturated heterocycles. The van der Waals surface area contributed by atoms with Crippen molar-refractivity contribution < 1.29 is 35.1 Å². The van der Waals surface area contributed by atoms with Gasteiger partial charge in [-0.2, -0.15) is 0 Å². The molecule has 7 rings (SSSR count). The quantitative estimate of drug-likeness (QED) is 0.105. The van der Waals surface area contributed by atoms with Crippen LogP contribution in [0, 0.1) is 0 Å². The normalized spacial score (nSPS) is 13.1. The molecular weight excluding hydrogens is 630 g/mol. The first kappa shape index (κ1) is 27.3. The van der Waals surface area contributed by atoms with Gasteiger partial charge in [-0.05, 0) is 40.4 Å². The van der Waals surface area contributed by atoms with Crippen molar-refractivity contribution in [2.75, 3.05) is 0 Å². The fourth-order valence-electron chi connectivity index (χ4n) is 5.32. The fraction of sp³-hybridized carbons (Fsp3) is 0.0606. The second-order valence-electron chi connectivity index (χ2n) is 10.2. The number of benzene rings is 4. The van der Waals surface area contributed by atoms with Gasteiger partial charge in [0.1, 0.15) is 4.47 Å². The van der Waals surface area contributed by atoms with E-state index in [-0.39, 0.29) is 32.0 Å². The highest BCUT2D eigenvalue weighted by Crippen LogP contribution is 2.57. The Morgan fingerprint density at radius 1 is 0.591 bits per heavy atom. The Morgan fingerprint density at radius 2 is 1.20 bits per heavy atom. The molecule has 0 bridgehead atoms. The summed E-state index contributed by atoms with van der Waals surface area (Å²) >= 11 is 3.14. The number of hydrogen-bond acceptors (Lipinski definition) is 10. The zero-order valence-electron chi connectivity index (χ0n) is 22.7. The summed E-state index contributed by atoms with van der Waals surface area (Å²) < 4.78 is 5.86. The first-order valence-corrected chi connectivity index (χ1v) is 14.3. The van der Waals surface area contributed by atoms with Gasteiger partial charge >= 0.3 is 0 Å². The van der Waals surface area contributed by atoms with Crippen molar-refractivity contribution in [3.05, 3.63) is 83.1 Å². The molecule has 1 aliphatic rings. The third kappa shape index (κ3) is 4.20. The zero-order chi connectivity index (χ0) is 30.7. The van der Waals surface area contributed by atoms with Crippen molar-refractivity contribution in [3.63, 3.8) is 0 Å². The predicted octanol–water partition coefficient (Wildman–Crippen LogP) is 7.50. The van der Waals surface area contributed by atoms with Crippen LogP contribution in [0.3, 0.4) is 0 Å². The van der Waals surface area contributed by atoms with Gasteiger partial charge in [-0.25, -0.2) is 15.0 Å². The number of allylic oxidation sites excluding steroid dienone is 4. The van der Waals surface area contributed by atoms with Crippen LogP contribution in [0.5, 0.6) is 34.5 Å². The summed E-state index contributed by atoms with van der Waals surface area (Å²) in [6.45, 7) is 0. The number of nitrogens with zero attached hydrogens (tertiary/aromatic N) is 3. The highest BCUT2D eigenvalue weighted by molar-refractivity contribution is 9.10. The number of phenols is 6. The van der Waals surface area contributed by atoms with E-state index in [2.05, 4.69) is 28.1 Å². The highest BCUT2D eigenvalue weighted by Gasteiger charge is 2.30. The molecule has 10 nitrogen and oxygen atoms in total. The van der Waals surface area contributed by atoms with Crippen LogP contribution in [0.25, 0.3) is 61.4 Å². The lowest BCUT2D eigenvalue weighted by atomic mass is 9.97. The molecule has 2 aromatic heterocycles. The predicted molar refractivity (Wildman–Crippen MR) is 167 cm³/mol. The maximum atomic E-state index is 11.1. The second kappa shape index (κ2) is 10.3. The van der Waals surface area contributed by atoms with Gasteiger partial charge in [-0.3, -0.25) is 0 Å². The van der Waals surface area contributed by atoms with E-state index in [4.69, 9.17) is 19.4 Å². The smallest absolute Gasteiger partial charge is 0.202 e. The largest absolute Gasteiger partial charge is 0.504 e. The summed E-state index contributed by atoms with van der Waals surface area (Å²) in [7, 11) is 0. The van der Waals surface area contributed by atoms with E-state index in [0.717, 1.165) is 24.0 Å². The van der Waals surface area contributed by atoms with Crippen LogP contribution in [-0.4, -0.2) is 45.6 Å². The summed E-state index contributed by atoms with van der Waals surface area (Å²) in [6.07, 6.45) is 7.91. The van der Waals surface area contributed by atoms with Gasteiger partial charge in [-0.15, -0.1) is 0 Å². The van der Waals surface area contributed by atoms with Crippen molar-refractivity contribution in [1.29, 1.82) is 0 Å². The Bertz CT molecular complexity index is 2210. The lowest BCUT2D eigenvalue weighted by Gasteiger charge is -2.12. The number of aromatic nitrogens is 3. The topological polar surface area (TPSA) is 173 Å². The van der Waals surface area contributed by atoms with Gasteiger partial charge in [0.05, 0.1) is 16.3 Å². The average molecular weight is 652 g/mol. The number of furan rings is 1. The highest BCUT2D eigenvalue weighted by atomic mass is 79.9. The lowest BCUT2D eigenvalue weighted by Crippen LogP contribution is -2.03. The van der Waals surface area contributed by atoms with Gasteiger partial charge in [0, 0.05) is 16.7 Å². The fourth-order valence-corrected chi connectivity index (χ4v) is 5.79. The van der Waals surface area contributed by atoms with Crippen molar-refractivity contribution in [2.45, 2.75) is 12.8 Å². The molecule has 0 saturated carbocycles. The number of hydrogen-bond donors (Lipinski definition) is 6. The van der Waals surface area contributed by atoms with Crippen LogP contribution in [0.4, 0.5) is 0 Å². The minimum absolute atomic E-state index is 0.0193. The van der Waals surface area contributed by atoms with Gasteiger partial charge < -0.3 is 35.1 Å². The number of fused-ring (bicyclic) bond motifs is 3. The molecule has 0 unspecified atom stereocenters. The van der Waals surface area contributed by atoms with E-state index < -0.39 is 34.5 Å². The number of aromatic hydroxyl groups is 6. The van der Waals surface area contributed by atoms with Crippen LogP contribution >= 0.6 is 15.9 Å². The van der Waals surface area contributed by atoms with E-state index in [1.807, 2.05) is 36.4 Å². The molecule has 0 atom stereocenters. The van der Waals surface area contributed by atoms with E-state index in [1.54, 1.807) is 24.3 Å². The number of halogens is 1. The minimum atomic E-state index is -0.867. The maximum absolute atomic E-state index is 11.1. The molecule has 6 aromatic rings. The van der Waals surface area contributed by atoms with E-state index in [0.29, 0.717) is 28.6 Å². The Morgan fingerprint density at radius 3 is 1.91 bits per heavy atom. The molecule has 11 heteroatoms. The van der Waals surface area contributed by atoms with Crippen molar-refractivity contribution >= 4 is 43.4 Å². The van der Waals surface area contributed by atoms with Gasteiger partial charge in [0.2, 0.25) is 11.5 Å². The second-order valence-corrected chi connectivity index (χ2v) is 11.0. The molecular formula is C33H22BrN3O7. The standard InChI is InChI=1S/C33H22BrN3O7/c34-22-26(41)28(43)25(40)21-20-24(39)27(42)23(38)19(29(20)44-30(21)22)17-12-7-13-18(14-17)33-36-31(15-8-3-1-4-9-15)35-32(37-33)16-10-5-2-6-11-16/h1,3-5,7-14,38-43H,2,6H2. The molecule has 4 aromatic carbocycles. The van der Waals surface area contributed by atoms with Crippen molar-refractivity contribution in [3.8, 4) is 68.4 Å². The molecule has 0 radical (unpaired) electrons. The molecule has 0 spiro atoms. The van der Waals surface area contributed by atoms with Crippen LogP contribution in [0.2, 0.25) is 0 Å². The SMILES string of the molecule is Oc1c(O)c(O)c2c(oc3c(-c4cccc(-c5nc(C6=CCCC=C6)nc(-c6ccccc6)n5)c4)c(O)c(O)c(O)c32)c1Br. The molecule has 44 heavy (non-hydrogen) atoms.